The van der Waals surface area contributed by atoms with E-state index in [0.29, 0.717) is 0 Å². The molecule has 0 aliphatic carbocycles. The lowest BCUT2D eigenvalue weighted by Crippen LogP contribution is -2.15. The first-order valence-corrected chi connectivity index (χ1v) is 13.9. The van der Waals surface area contributed by atoms with Gasteiger partial charge in [-0.3, -0.25) is 60.7 Å². The second-order valence-electron chi connectivity index (χ2n) is 7.96. The topological polar surface area (TPSA) is 259 Å². The van der Waals surface area contributed by atoms with Crippen LogP contribution in [0.1, 0.15) is 16.7 Å². The van der Waals surface area contributed by atoms with Crippen molar-refractivity contribution in [2.75, 3.05) is 0 Å². The zero-order valence-corrected chi connectivity index (χ0v) is 27.3. The van der Waals surface area contributed by atoms with Gasteiger partial charge >= 0.3 is 0 Å². The van der Waals surface area contributed by atoms with Crippen molar-refractivity contribution in [3.63, 3.8) is 0 Å². The molecule has 0 unspecified atom stereocenters. The number of hydrogen-bond donors (Lipinski definition) is 0. The molecule has 242 valence electrons. The number of nitro benzene ring substituents is 6. The maximum atomic E-state index is 12.0. The standard InChI is InChI=1S/C19Cl9N6O12/c20-5-2(6(21)15(30(37)38)11(26)14(5)29(35)36)1(3-7(22)16(31(39)40)12(27)17(8(3)23)32(41)42)4-9(24)18(33(43)44)13(28)19(10(4)25)34(45)46/q-1. The van der Waals surface area contributed by atoms with Crippen LogP contribution >= 0.6 is 104 Å². The summed E-state index contributed by atoms with van der Waals surface area (Å²) < 4.78 is 0. The van der Waals surface area contributed by atoms with Gasteiger partial charge in [0.1, 0.15) is 0 Å². The van der Waals surface area contributed by atoms with E-state index in [9.17, 15) is 60.7 Å². The van der Waals surface area contributed by atoms with Crippen LogP contribution < -0.4 is 0 Å². The number of benzene rings is 3. The van der Waals surface area contributed by atoms with E-state index in [2.05, 4.69) is 0 Å². The van der Waals surface area contributed by atoms with Crippen LogP contribution in [-0.4, -0.2) is 29.5 Å². The molecule has 0 atom stereocenters. The number of halogens is 9. The smallest absolute Gasteiger partial charge is 0.259 e. The average Bonchev–Trinajstić information content (AvgIpc) is 2.86. The van der Waals surface area contributed by atoms with Gasteiger partial charge in [-0.05, 0) is 16.7 Å². The van der Waals surface area contributed by atoms with Gasteiger partial charge in [0, 0.05) is 0 Å². The molecule has 46 heavy (non-hydrogen) atoms. The van der Waals surface area contributed by atoms with Gasteiger partial charge in [0.15, 0.2) is 15.1 Å². The molecule has 3 aromatic carbocycles. The predicted octanol–water partition coefficient (Wildman–Crippen LogP) is 10.0. The Bertz CT molecular complexity index is 1650. The van der Waals surface area contributed by atoms with Gasteiger partial charge < -0.3 is 0 Å². The summed E-state index contributed by atoms with van der Waals surface area (Å²) in [5.74, 6) is -1.31. The average molecular weight is 823 g/mol. The van der Waals surface area contributed by atoms with Crippen LogP contribution in [-0.2, 0) is 0 Å². The van der Waals surface area contributed by atoms with E-state index in [-0.39, 0.29) is 0 Å². The summed E-state index contributed by atoms with van der Waals surface area (Å²) in [6.07, 6.45) is 0. The highest BCUT2D eigenvalue weighted by Crippen LogP contribution is 2.60. The van der Waals surface area contributed by atoms with Gasteiger partial charge in [0.2, 0.25) is 0 Å². The highest BCUT2D eigenvalue weighted by Gasteiger charge is 2.43. The minimum atomic E-state index is -1.50. The summed E-state index contributed by atoms with van der Waals surface area (Å²) in [7, 11) is 0. The molecule has 27 heteroatoms. The van der Waals surface area contributed by atoms with E-state index >= 15 is 0 Å². The molecule has 3 rings (SSSR count). The molecular formula is C19Cl9N6O12-. The second kappa shape index (κ2) is 13.3. The van der Waals surface area contributed by atoms with Crippen LogP contribution in [0.15, 0.2) is 0 Å². The number of rotatable bonds is 9. The first-order chi connectivity index (χ1) is 21.1. The Hall–Kier alpha value is -3.46. The van der Waals surface area contributed by atoms with Crippen molar-refractivity contribution in [3.8, 4) is 0 Å². The molecule has 3 aromatic rings. The number of nitrogens with zero attached hydrogens (tertiary/aromatic N) is 6. The first-order valence-electron chi connectivity index (χ1n) is 10.5. The minimum absolute atomic E-state index is 1.27. The fourth-order valence-corrected chi connectivity index (χ4v) is 7.44. The maximum absolute atomic E-state index is 12.0. The van der Waals surface area contributed by atoms with E-state index < -0.39 is 131 Å². The maximum Gasteiger partial charge on any atom is 0.290 e. The number of hydrogen-bond acceptors (Lipinski definition) is 12. The SMILES string of the molecule is O=[N+]([O-])c1c(Cl)c([C-](c2c(Cl)c([N+](=O)[O-])c(Cl)c([N+](=O)[O-])c2Cl)c2c(Cl)c([N+](=O)[O-])c(Cl)c([N+](=O)[O-])c2Cl)c(Cl)c([N+](=O)[O-])c1Cl. The third kappa shape index (κ3) is 5.80. The normalized spacial score (nSPS) is 10.9. The molecule has 0 saturated carbocycles. The molecule has 0 N–H and O–H groups in total. The third-order valence-electron chi connectivity index (χ3n) is 5.66. The molecule has 0 amide bonds. The molecule has 0 saturated heterocycles. The minimum Gasteiger partial charge on any atom is -0.259 e. The van der Waals surface area contributed by atoms with E-state index in [4.69, 9.17) is 104 Å². The van der Waals surface area contributed by atoms with Gasteiger partial charge in [0.05, 0.1) is 59.7 Å². The molecular weight excluding hydrogens is 823 g/mol. The third-order valence-corrected chi connectivity index (χ3v) is 8.94. The molecule has 18 nitrogen and oxygen atoms in total. The monoisotopic (exact) mass is 819 g/mol. The van der Waals surface area contributed by atoms with E-state index in [1.165, 1.54) is 0 Å². The quantitative estimate of drug-likeness (QED) is 0.0845. The molecule has 0 aromatic heterocycles. The highest BCUT2D eigenvalue weighted by molar-refractivity contribution is 6.48. The Kier molecular flexibility index (Phi) is 10.7. The Morgan fingerprint density at radius 1 is 0.304 bits per heavy atom. The molecule has 0 aliphatic rings. The van der Waals surface area contributed by atoms with Crippen molar-refractivity contribution in [1.82, 2.24) is 0 Å². The largest absolute Gasteiger partial charge is 0.290 e. The van der Waals surface area contributed by atoms with Crippen LogP contribution in [0.5, 0.6) is 0 Å². The Morgan fingerprint density at radius 2 is 0.435 bits per heavy atom. The Balaban J connectivity index is 2.97. The summed E-state index contributed by atoms with van der Waals surface area (Å²) in [6, 6.07) is 0. The lowest BCUT2D eigenvalue weighted by atomic mass is 9.83. The molecule has 0 radical (unpaired) electrons. The highest BCUT2D eigenvalue weighted by atomic mass is 35.5. The first kappa shape index (κ1) is 37.0. The van der Waals surface area contributed by atoms with Crippen LogP contribution in [0.2, 0.25) is 45.2 Å². The fraction of sp³-hybridized carbons (Fsp3) is 0. The van der Waals surface area contributed by atoms with Crippen molar-refractivity contribution in [3.05, 3.63) is 128 Å². The summed E-state index contributed by atoms with van der Waals surface area (Å²) in [5.41, 5.74) is -12.8. The van der Waals surface area contributed by atoms with Crippen LogP contribution in [0.25, 0.3) is 0 Å². The van der Waals surface area contributed by atoms with Crippen molar-refractivity contribution >= 4 is 139 Å². The van der Waals surface area contributed by atoms with Crippen LogP contribution in [0.4, 0.5) is 34.1 Å². The van der Waals surface area contributed by atoms with E-state index in [1.807, 2.05) is 0 Å². The van der Waals surface area contributed by atoms with E-state index in [1.54, 1.807) is 0 Å². The van der Waals surface area contributed by atoms with Gasteiger partial charge in [-0.15, -0.1) is 69.6 Å². The van der Waals surface area contributed by atoms with E-state index in [0.717, 1.165) is 0 Å². The molecule has 0 fully saturated rings. The zero-order chi connectivity index (χ0) is 35.4. The van der Waals surface area contributed by atoms with Crippen molar-refractivity contribution in [2.45, 2.75) is 0 Å². The zero-order valence-electron chi connectivity index (χ0n) is 20.5. The van der Waals surface area contributed by atoms with Gasteiger partial charge in [0.25, 0.3) is 34.1 Å². The Labute approximate surface area is 295 Å². The predicted molar refractivity (Wildman–Crippen MR) is 165 cm³/mol. The van der Waals surface area contributed by atoms with Gasteiger partial charge in [-0.25, -0.2) is 0 Å². The Morgan fingerprint density at radius 3 is 0.543 bits per heavy atom. The van der Waals surface area contributed by atoms with Crippen LogP contribution in [0.3, 0.4) is 0 Å². The molecule has 0 aliphatic heterocycles. The lowest BCUT2D eigenvalue weighted by Gasteiger charge is -2.30. The van der Waals surface area contributed by atoms with Crippen molar-refractivity contribution in [2.24, 2.45) is 0 Å². The molecule has 0 bridgehead atoms. The van der Waals surface area contributed by atoms with Crippen LogP contribution in [0, 0.1) is 66.6 Å². The van der Waals surface area contributed by atoms with Gasteiger partial charge in [-0.2, -0.15) is 0 Å². The summed E-state index contributed by atoms with van der Waals surface area (Å²) >= 11 is 55.1. The lowest BCUT2D eigenvalue weighted by molar-refractivity contribution is -0.393. The fourth-order valence-electron chi connectivity index (χ4n) is 3.91. The summed E-state index contributed by atoms with van der Waals surface area (Å²) in [4.78, 5) is 63.6. The summed E-state index contributed by atoms with van der Waals surface area (Å²) in [5, 5.41) is 60.1. The molecule has 0 spiro atoms. The molecule has 0 heterocycles. The second-order valence-corrected chi connectivity index (χ2v) is 11.4. The van der Waals surface area contributed by atoms with Crippen molar-refractivity contribution in [1.29, 1.82) is 0 Å². The summed E-state index contributed by atoms with van der Waals surface area (Å²) in [6.45, 7) is 0. The van der Waals surface area contributed by atoms with Crippen molar-refractivity contribution < 1.29 is 29.5 Å². The van der Waals surface area contributed by atoms with Gasteiger partial charge in [-0.1, -0.05) is 40.7 Å². The number of nitro groups is 6.